The average Bonchev–Trinajstić information content (AvgIpc) is 2.67. The summed E-state index contributed by atoms with van der Waals surface area (Å²) in [4.78, 5) is 28.8. The Morgan fingerprint density at radius 1 is 1.07 bits per heavy atom. The van der Waals surface area contributed by atoms with E-state index in [0.29, 0.717) is 11.3 Å². The van der Waals surface area contributed by atoms with Crippen molar-refractivity contribution in [3.05, 3.63) is 65.2 Å². The van der Waals surface area contributed by atoms with Crippen LogP contribution in [0.25, 0.3) is 10.9 Å². The molecule has 2 aromatic carbocycles. The minimum absolute atomic E-state index is 0.194. The van der Waals surface area contributed by atoms with Gasteiger partial charge in [0.25, 0.3) is 0 Å². The standard InChI is InChI=1S/C21H20N2O3S/c1-13-7-6-9-15-14(2)11-19(23-20(13)15)27-12-18(24)22-17-10-5-4-8-16(17)21(25)26-3/h4-11H,12H2,1-3H3,(H,22,24). The van der Waals surface area contributed by atoms with Crippen molar-refractivity contribution in [3.8, 4) is 0 Å². The summed E-state index contributed by atoms with van der Waals surface area (Å²) in [5.74, 6) is -0.499. The SMILES string of the molecule is COC(=O)c1ccccc1NC(=O)CSc1cc(C)c2cccc(C)c2n1. The van der Waals surface area contributed by atoms with Gasteiger partial charge in [-0.15, -0.1) is 0 Å². The number of carbonyl (C=O) groups is 2. The van der Waals surface area contributed by atoms with E-state index in [1.165, 1.54) is 18.9 Å². The van der Waals surface area contributed by atoms with Gasteiger partial charge in [-0.2, -0.15) is 0 Å². The summed E-state index contributed by atoms with van der Waals surface area (Å²) in [5.41, 5.74) is 3.95. The predicted molar refractivity (Wildman–Crippen MR) is 108 cm³/mol. The molecule has 0 bridgehead atoms. The summed E-state index contributed by atoms with van der Waals surface area (Å²) < 4.78 is 4.75. The fraction of sp³-hybridized carbons (Fsp3) is 0.190. The number of fused-ring (bicyclic) bond motifs is 1. The van der Waals surface area contributed by atoms with Crippen LogP contribution in [0.15, 0.2) is 53.6 Å². The fourth-order valence-corrected chi connectivity index (χ4v) is 3.58. The number of aromatic nitrogens is 1. The second-order valence-electron chi connectivity index (χ2n) is 6.12. The van der Waals surface area contributed by atoms with Crippen LogP contribution in [0.4, 0.5) is 5.69 Å². The third-order valence-electron chi connectivity index (χ3n) is 4.18. The largest absolute Gasteiger partial charge is 0.465 e. The molecule has 6 heteroatoms. The third kappa shape index (κ3) is 4.28. The first-order chi connectivity index (χ1) is 13.0. The topological polar surface area (TPSA) is 68.3 Å². The Labute approximate surface area is 162 Å². The number of hydrogen-bond acceptors (Lipinski definition) is 5. The molecular formula is C21H20N2O3S. The third-order valence-corrected chi connectivity index (χ3v) is 5.09. The van der Waals surface area contributed by atoms with Gasteiger partial charge in [-0.25, -0.2) is 9.78 Å². The maximum atomic E-state index is 12.4. The summed E-state index contributed by atoms with van der Waals surface area (Å²) in [6, 6.07) is 14.9. The van der Waals surface area contributed by atoms with Gasteiger partial charge in [0.2, 0.25) is 5.91 Å². The Morgan fingerprint density at radius 3 is 2.63 bits per heavy atom. The summed E-state index contributed by atoms with van der Waals surface area (Å²) in [5, 5.41) is 4.69. The van der Waals surface area contributed by atoms with Gasteiger partial charge >= 0.3 is 5.97 Å². The Bertz CT molecular complexity index is 1020. The fourth-order valence-electron chi connectivity index (χ4n) is 2.81. The Morgan fingerprint density at radius 2 is 1.85 bits per heavy atom. The molecule has 1 amide bonds. The number of para-hydroxylation sites is 2. The molecule has 0 fully saturated rings. The van der Waals surface area contributed by atoms with Crippen molar-refractivity contribution in [1.29, 1.82) is 0 Å². The minimum Gasteiger partial charge on any atom is -0.465 e. The Kier molecular flexibility index (Phi) is 5.76. The number of hydrogen-bond donors (Lipinski definition) is 1. The number of nitrogens with one attached hydrogen (secondary N) is 1. The number of benzene rings is 2. The summed E-state index contributed by atoms with van der Waals surface area (Å²) in [6.07, 6.45) is 0. The van der Waals surface area contributed by atoms with E-state index in [1.807, 2.05) is 32.0 Å². The molecule has 0 saturated heterocycles. The molecule has 27 heavy (non-hydrogen) atoms. The molecule has 0 atom stereocenters. The van der Waals surface area contributed by atoms with Crippen LogP contribution in [-0.2, 0) is 9.53 Å². The number of aryl methyl sites for hydroxylation is 2. The van der Waals surface area contributed by atoms with Crippen molar-refractivity contribution in [2.45, 2.75) is 18.9 Å². The van der Waals surface area contributed by atoms with E-state index in [0.717, 1.165) is 27.1 Å². The van der Waals surface area contributed by atoms with Crippen molar-refractivity contribution >= 4 is 40.2 Å². The number of carbonyl (C=O) groups excluding carboxylic acids is 2. The zero-order valence-corrected chi connectivity index (χ0v) is 16.2. The lowest BCUT2D eigenvalue weighted by molar-refractivity contribution is -0.113. The quantitative estimate of drug-likeness (QED) is 0.526. The Hall–Kier alpha value is -2.86. The summed E-state index contributed by atoms with van der Waals surface area (Å²) in [7, 11) is 1.31. The van der Waals surface area contributed by atoms with Gasteiger partial charge in [0.05, 0.1) is 34.7 Å². The Balaban J connectivity index is 1.73. The molecule has 0 aliphatic carbocycles. The second kappa shape index (κ2) is 8.22. The van der Waals surface area contributed by atoms with E-state index >= 15 is 0 Å². The lowest BCUT2D eigenvalue weighted by Crippen LogP contribution is -2.17. The van der Waals surface area contributed by atoms with E-state index in [-0.39, 0.29) is 11.7 Å². The molecule has 0 radical (unpaired) electrons. The number of pyridine rings is 1. The normalized spacial score (nSPS) is 10.6. The van der Waals surface area contributed by atoms with Crippen molar-refractivity contribution in [1.82, 2.24) is 4.98 Å². The highest BCUT2D eigenvalue weighted by Crippen LogP contribution is 2.26. The van der Waals surface area contributed by atoms with Gasteiger partial charge in [-0.3, -0.25) is 4.79 Å². The highest BCUT2D eigenvalue weighted by atomic mass is 32.2. The summed E-state index contributed by atoms with van der Waals surface area (Å²) in [6.45, 7) is 4.07. The number of ether oxygens (including phenoxy) is 1. The molecule has 3 rings (SSSR count). The van der Waals surface area contributed by atoms with Gasteiger partial charge in [0.15, 0.2) is 0 Å². The molecule has 0 saturated carbocycles. The first-order valence-electron chi connectivity index (χ1n) is 8.46. The molecule has 138 valence electrons. The highest BCUT2D eigenvalue weighted by Gasteiger charge is 2.14. The molecule has 0 aliphatic rings. The predicted octanol–water partition coefficient (Wildman–Crippen LogP) is 4.37. The van der Waals surface area contributed by atoms with Crippen LogP contribution < -0.4 is 5.32 Å². The first-order valence-corrected chi connectivity index (χ1v) is 9.45. The van der Waals surface area contributed by atoms with Crippen LogP contribution in [0, 0.1) is 13.8 Å². The van der Waals surface area contributed by atoms with E-state index in [2.05, 4.69) is 16.4 Å². The molecule has 3 aromatic rings. The number of methoxy groups -OCH3 is 1. The van der Waals surface area contributed by atoms with Crippen LogP contribution in [0.3, 0.4) is 0 Å². The van der Waals surface area contributed by atoms with Crippen molar-refractivity contribution in [2.75, 3.05) is 18.2 Å². The smallest absolute Gasteiger partial charge is 0.339 e. The van der Waals surface area contributed by atoms with Crippen LogP contribution in [0.5, 0.6) is 0 Å². The van der Waals surface area contributed by atoms with Gasteiger partial charge in [-0.1, -0.05) is 42.1 Å². The van der Waals surface area contributed by atoms with Crippen LogP contribution >= 0.6 is 11.8 Å². The average molecular weight is 380 g/mol. The molecular weight excluding hydrogens is 360 g/mol. The number of esters is 1. The molecule has 1 N–H and O–H groups in total. The van der Waals surface area contributed by atoms with Gasteiger partial charge < -0.3 is 10.1 Å². The van der Waals surface area contributed by atoms with Crippen molar-refractivity contribution in [3.63, 3.8) is 0 Å². The molecule has 0 spiro atoms. The molecule has 1 heterocycles. The molecule has 1 aromatic heterocycles. The van der Waals surface area contributed by atoms with Crippen LogP contribution in [0.2, 0.25) is 0 Å². The van der Waals surface area contributed by atoms with Gasteiger partial charge in [-0.05, 0) is 43.2 Å². The van der Waals surface area contributed by atoms with Gasteiger partial charge in [0.1, 0.15) is 0 Å². The lowest BCUT2D eigenvalue weighted by atomic mass is 10.1. The molecule has 0 aliphatic heterocycles. The maximum Gasteiger partial charge on any atom is 0.339 e. The number of rotatable bonds is 5. The van der Waals surface area contributed by atoms with Crippen LogP contribution in [-0.4, -0.2) is 29.7 Å². The van der Waals surface area contributed by atoms with Gasteiger partial charge in [0, 0.05) is 5.39 Å². The zero-order valence-electron chi connectivity index (χ0n) is 15.4. The monoisotopic (exact) mass is 380 g/mol. The molecule has 5 nitrogen and oxygen atoms in total. The lowest BCUT2D eigenvalue weighted by Gasteiger charge is -2.10. The van der Waals surface area contributed by atoms with E-state index < -0.39 is 5.97 Å². The summed E-state index contributed by atoms with van der Waals surface area (Å²) >= 11 is 1.37. The number of thioether (sulfide) groups is 1. The first kappa shape index (κ1) is 18.9. The van der Waals surface area contributed by atoms with E-state index in [4.69, 9.17) is 4.74 Å². The second-order valence-corrected chi connectivity index (χ2v) is 7.12. The number of amides is 1. The van der Waals surface area contributed by atoms with Crippen molar-refractivity contribution in [2.24, 2.45) is 0 Å². The number of anilines is 1. The molecule has 0 unspecified atom stereocenters. The zero-order chi connectivity index (χ0) is 19.4. The van der Waals surface area contributed by atoms with Crippen molar-refractivity contribution < 1.29 is 14.3 Å². The van der Waals surface area contributed by atoms with E-state index in [9.17, 15) is 9.59 Å². The maximum absolute atomic E-state index is 12.4. The van der Waals surface area contributed by atoms with E-state index in [1.54, 1.807) is 24.3 Å². The highest BCUT2D eigenvalue weighted by molar-refractivity contribution is 7.99. The van der Waals surface area contributed by atoms with Crippen LogP contribution in [0.1, 0.15) is 21.5 Å². The minimum atomic E-state index is -0.485. The number of nitrogens with zero attached hydrogens (tertiary/aromatic N) is 1.